The molecular formula is C19H20F3N3O3. The maximum atomic E-state index is 13.0. The highest BCUT2D eigenvalue weighted by atomic mass is 19.4. The van der Waals surface area contributed by atoms with Crippen molar-refractivity contribution in [3.63, 3.8) is 0 Å². The van der Waals surface area contributed by atoms with Crippen LogP contribution in [0.15, 0.2) is 48.5 Å². The third-order valence-corrected chi connectivity index (χ3v) is 3.67. The largest absolute Gasteiger partial charge is 0.450 e. The third kappa shape index (κ3) is 5.90. The van der Waals surface area contributed by atoms with E-state index < -0.39 is 29.8 Å². The van der Waals surface area contributed by atoms with Crippen molar-refractivity contribution in [2.24, 2.45) is 0 Å². The van der Waals surface area contributed by atoms with Gasteiger partial charge in [0.2, 0.25) is 5.91 Å². The van der Waals surface area contributed by atoms with E-state index in [0.29, 0.717) is 11.4 Å². The predicted molar refractivity (Wildman–Crippen MR) is 100 cm³/mol. The van der Waals surface area contributed by atoms with Gasteiger partial charge in [-0.2, -0.15) is 13.2 Å². The Hall–Kier alpha value is -3.23. The highest BCUT2D eigenvalue weighted by molar-refractivity contribution is 5.97. The molecule has 0 aliphatic carbocycles. The Morgan fingerprint density at radius 3 is 2.21 bits per heavy atom. The minimum Gasteiger partial charge on any atom is -0.450 e. The van der Waals surface area contributed by atoms with Gasteiger partial charge < -0.3 is 15.4 Å². The maximum absolute atomic E-state index is 13.0. The molecule has 0 saturated carbocycles. The lowest BCUT2D eigenvalue weighted by molar-refractivity contribution is -0.137. The van der Waals surface area contributed by atoms with E-state index in [2.05, 4.69) is 16.0 Å². The summed E-state index contributed by atoms with van der Waals surface area (Å²) in [6, 6.07) is 10.4. The summed E-state index contributed by atoms with van der Waals surface area (Å²) in [6.07, 6.45) is -5.15. The van der Waals surface area contributed by atoms with E-state index in [4.69, 9.17) is 4.74 Å². The Labute approximate surface area is 160 Å². The molecule has 3 N–H and O–H groups in total. The van der Waals surface area contributed by atoms with E-state index >= 15 is 0 Å². The second-order valence-electron chi connectivity index (χ2n) is 5.82. The fourth-order valence-corrected chi connectivity index (χ4v) is 2.33. The molecule has 6 nitrogen and oxygen atoms in total. The Balaban J connectivity index is 1.99. The van der Waals surface area contributed by atoms with Crippen LogP contribution in [0.4, 0.5) is 35.0 Å². The standard InChI is InChI=1S/C19H20F3N3O3/c1-3-28-18(27)24-14-10-8-13(9-11-14)23-12(2)17(26)25-16-7-5-4-6-15(16)19(20,21)22/h4-12,23H,3H2,1-2H3,(H,24,27)(H,25,26). The van der Waals surface area contributed by atoms with Crippen molar-refractivity contribution in [3.05, 3.63) is 54.1 Å². The van der Waals surface area contributed by atoms with Gasteiger partial charge in [-0.25, -0.2) is 4.79 Å². The molecule has 0 saturated heterocycles. The number of hydrogen-bond donors (Lipinski definition) is 3. The zero-order valence-electron chi connectivity index (χ0n) is 15.3. The van der Waals surface area contributed by atoms with E-state index in [1.54, 1.807) is 31.2 Å². The van der Waals surface area contributed by atoms with Crippen LogP contribution in [-0.2, 0) is 15.7 Å². The number of para-hydroxylation sites is 1. The summed E-state index contributed by atoms with van der Waals surface area (Å²) in [5.74, 6) is -0.620. The second kappa shape index (κ2) is 9.12. The average Bonchev–Trinajstić information content (AvgIpc) is 2.63. The lowest BCUT2D eigenvalue weighted by Gasteiger charge is -2.18. The molecule has 0 spiro atoms. The smallest absolute Gasteiger partial charge is 0.418 e. The van der Waals surface area contributed by atoms with Gasteiger partial charge in [-0.15, -0.1) is 0 Å². The van der Waals surface area contributed by atoms with Gasteiger partial charge >= 0.3 is 12.3 Å². The van der Waals surface area contributed by atoms with Crippen molar-refractivity contribution in [2.75, 3.05) is 22.6 Å². The first kappa shape index (κ1) is 21.1. The Morgan fingerprint density at radius 2 is 1.61 bits per heavy atom. The molecule has 0 heterocycles. The number of amides is 2. The van der Waals surface area contributed by atoms with E-state index in [0.717, 1.165) is 6.07 Å². The highest BCUT2D eigenvalue weighted by Gasteiger charge is 2.33. The van der Waals surface area contributed by atoms with Gasteiger partial charge in [0.15, 0.2) is 0 Å². The number of benzene rings is 2. The normalized spacial score (nSPS) is 12.0. The van der Waals surface area contributed by atoms with E-state index in [-0.39, 0.29) is 12.3 Å². The first-order chi connectivity index (χ1) is 13.2. The minimum absolute atomic E-state index is 0.246. The van der Waals surface area contributed by atoms with Gasteiger partial charge in [0.1, 0.15) is 6.04 Å². The molecule has 0 aromatic heterocycles. The Bertz CT molecular complexity index is 823. The average molecular weight is 395 g/mol. The summed E-state index contributed by atoms with van der Waals surface area (Å²) in [4.78, 5) is 23.6. The predicted octanol–water partition coefficient (Wildman–Crippen LogP) is 4.71. The summed E-state index contributed by atoms with van der Waals surface area (Å²) >= 11 is 0. The molecule has 1 unspecified atom stereocenters. The topological polar surface area (TPSA) is 79.5 Å². The number of rotatable bonds is 6. The highest BCUT2D eigenvalue weighted by Crippen LogP contribution is 2.34. The van der Waals surface area contributed by atoms with Crippen LogP contribution in [0.5, 0.6) is 0 Å². The van der Waals surface area contributed by atoms with Crippen LogP contribution in [0.1, 0.15) is 19.4 Å². The summed E-state index contributed by atoms with van der Waals surface area (Å²) in [7, 11) is 0. The fourth-order valence-electron chi connectivity index (χ4n) is 2.33. The molecule has 28 heavy (non-hydrogen) atoms. The van der Waals surface area contributed by atoms with Crippen molar-refractivity contribution >= 4 is 29.1 Å². The number of carbonyl (C=O) groups excluding carboxylic acids is 2. The summed E-state index contributed by atoms with van der Waals surface area (Å²) in [6.45, 7) is 3.46. The monoisotopic (exact) mass is 395 g/mol. The summed E-state index contributed by atoms with van der Waals surface area (Å²) < 4.78 is 43.8. The molecule has 2 aromatic carbocycles. The van der Waals surface area contributed by atoms with Gasteiger partial charge in [-0.05, 0) is 50.2 Å². The molecular weight excluding hydrogens is 375 g/mol. The molecule has 0 bridgehead atoms. The minimum atomic E-state index is -4.57. The van der Waals surface area contributed by atoms with Crippen LogP contribution in [0.3, 0.4) is 0 Å². The molecule has 0 aliphatic rings. The molecule has 2 aromatic rings. The van der Waals surface area contributed by atoms with Crippen molar-refractivity contribution in [2.45, 2.75) is 26.1 Å². The Morgan fingerprint density at radius 1 is 1.00 bits per heavy atom. The van der Waals surface area contributed by atoms with Crippen LogP contribution in [-0.4, -0.2) is 24.6 Å². The molecule has 0 fully saturated rings. The van der Waals surface area contributed by atoms with E-state index in [1.807, 2.05) is 0 Å². The van der Waals surface area contributed by atoms with Crippen molar-refractivity contribution in [1.29, 1.82) is 0 Å². The summed E-state index contributed by atoms with van der Waals surface area (Å²) in [5, 5.41) is 7.71. The van der Waals surface area contributed by atoms with Gasteiger partial charge in [-0.3, -0.25) is 10.1 Å². The quantitative estimate of drug-likeness (QED) is 0.662. The van der Waals surface area contributed by atoms with Crippen LogP contribution >= 0.6 is 0 Å². The van der Waals surface area contributed by atoms with E-state index in [1.165, 1.54) is 25.1 Å². The molecule has 2 rings (SSSR count). The molecule has 1 atom stereocenters. The first-order valence-corrected chi connectivity index (χ1v) is 8.48. The number of hydrogen-bond acceptors (Lipinski definition) is 4. The molecule has 2 amide bonds. The fraction of sp³-hybridized carbons (Fsp3) is 0.263. The molecule has 0 aliphatic heterocycles. The SMILES string of the molecule is CCOC(=O)Nc1ccc(NC(C)C(=O)Nc2ccccc2C(F)(F)F)cc1. The third-order valence-electron chi connectivity index (χ3n) is 3.67. The van der Waals surface area contributed by atoms with Crippen LogP contribution < -0.4 is 16.0 Å². The molecule has 0 radical (unpaired) electrons. The summed E-state index contributed by atoms with van der Waals surface area (Å²) in [5.41, 5.74) is -0.158. The zero-order chi connectivity index (χ0) is 20.7. The number of nitrogens with one attached hydrogen (secondary N) is 3. The van der Waals surface area contributed by atoms with Gasteiger partial charge in [-0.1, -0.05) is 12.1 Å². The van der Waals surface area contributed by atoms with Gasteiger partial charge in [0.25, 0.3) is 0 Å². The van der Waals surface area contributed by atoms with Crippen molar-refractivity contribution < 1.29 is 27.5 Å². The number of ether oxygens (including phenoxy) is 1. The van der Waals surface area contributed by atoms with Gasteiger partial charge in [0, 0.05) is 11.4 Å². The lowest BCUT2D eigenvalue weighted by Crippen LogP contribution is -2.32. The van der Waals surface area contributed by atoms with Crippen molar-refractivity contribution in [3.8, 4) is 0 Å². The number of carbonyl (C=O) groups is 2. The van der Waals surface area contributed by atoms with Crippen LogP contribution in [0, 0.1) is 0 Å². The van der Waals surface area contributed by atoms with E-state index in [9.17, 15) is 22.8 Å². The maximum Gasteiger partial charge on any atom is 0.418 e. The van der Waals surface area contributed by atoms with Gasteiger partial charge in [0.05, 0.1) is 17.9 Å². The number of halogens is 3. The number of alkyl halides is 3. The van der Waals surface area contributed by atoms with Crippen LogP contribution in [0.2, 0.25) is 0 Å². The Kier molecular flexibility index (Phi) is 6.86. The van der Waals surface area contributed by atoms with Crippen molar-refractivity contribution in [1.82, 2.24) is 0 Å². The lowest BCUT2D eigenvalue weighted by atomic mass is 10.1. The van der Waals surface area contributed by atoms with Crippen LogP contribution in [0.25, 0.3) is 0 Å². The zero-order valence-corrected chi connectivity index (χ0v) is 15.3. The second-order valence-corrected chi connectivity index (χ2v) is 5.82. The first-order valence-electron chi connectivity index (χ1n) is 8.48. The molecule has 9 heteroatoms. The molecule has 150 valence electrons. The number of anilines is 3.